The summed E-state index contributed by atoms with van der Waals surface area (Å²) in [7, 11) is -2.35. The fraction of sp³-hybridized carbons (Fsp3) is 0.261. The summed E-state index contributed by atoms with van der Waals surface area (Å²) < 4.78 is 32.3. The van der Waals surface area contributed by atoms with Gasteiger partial charge < -0.3 is 10.1 Å². The van der Waals surface area contributed by atoms with Crippen molar-refractivity contribution in [1.82, 2.24) is 9.62 Å². The molecule has 0 aliphatic carbocycles. The van der Waals surface area contributed by atoms with E-state index in [4.69, 9.17) is 4.74 Å². The first-order chi connectivity index (χ1) is 14.4. The van der Waals surface area contributed by atoms with Gasteiger partial charge in [-0.05, 0) is 53.9 Å². The number of benzene rings is 3. The molecule has 0 radical (unpaired) electrons. The van der Waals surface area contributed by atoms with Crippen molar-refractivity contribution in [2.45, 2.75) is 18.2 Å². The van der Waals surface area contributed by atoms with Crippen LogP contribution in [0.15, 0.2) is 71.6 Å². The second-order valence-electron chi connectivity index (χ2n) is 7.14. The molecule has 30 heavy (non-hydrogen) atoms. The van der Waals surface area contributed by atoms with Gasteiger partial charge in [-0.25, -0.2) is 8.42 Å². The van der Waals surface area contributed by atoms with Crippen molar-refractivity contribution in [2.75, 3.05) is 26.7 Å². The van der Waals surface area contributed by atoms with Crippen LogP contribution in [0.25, 0.3) is 10.8 Å². The molecule has 0 spiro atoms. The number of nitrogens with one attached hydrogen (secondary N) is 1. The lowest BCUT2D eigenvalue weighted by molar-refractivity contribution is -0.121. The summed E-state index contributed by atoms with van der Waals surface area (Å²) in [5.74, 6) is 0.444. The smallest absolute Gasteiger partial charge is 0.243 e. The Labute approximate surface area is 177 Å². The van der Waals surface area contributed by atoms with E-state index >= 15 is 0 Å². The number of aryl methyl sites for hydroxylation is 1. The van der Waals surface area contributed by atoms with E-state index in [1.165, 1.54) is 7.05 Å². The molecule has 6 nitrogen and oxygen atoms in total. The fourth-order valence-electron chi connectivity index (χ4n) is 3.05. The highest BCUT2D eigenvalue weighted by Gasteiger charge is 2.23. The van der Waals surface area contributed by atoms with Crippen LogP contribution in [0.4, 0.5) is 0 Å². The molecule has 1 N–H and O–H groups in total. The lowest BCUT2D eigenvalue weighted by Gasteiger charge is -2.17. The van der Waals surface area contributed by atoms with Gasteiger partial charge in [-0.3, -0.25) is 4.79 Å². The van der Waals surface area contributed by atoms with Gasteiger partial charge in [0, 0.05) is 13.6 Å². The molecular formula is C23H26N2O4S. The quantitative estimate of drug-likeness (QED) is 0.533. The maximum Gasteiger partial charge on any atom is 0.243 e. The van der Waals surface area contributed by atoms with Crippen LogP contribution in [0, 0.1) is 6.92 Å². The van der Waals surface area contributed by atoms with Crippen LogP contribution in [-0.2, 0) is 14.8 Å². The lowest BCUT2D eigenvalue weighted by Crippen LogP contribution is -2.38. The molecule has 0 aromatic heterocycles. The van der Waals surface area contributed by atoms with E-state index in [0.29, 0.717) is 19.6 Å². The molecule has 0 heterocycles. The highest BCUT2D eigenvalue weighted by Crippen LogP contribution is 2.21. The van der Waals surface area contributed by atoms with E-state index in [2.05, 4.69) is 5.32 Å². The van der Waals surface area contributed by atoms with Crippen LogP contribution < -0.4 is 10.1 Å². The zero-order chi connectivity index (χ0) is 21.6. The van der Waals surface area contributed by atoms with Crippen molar-refractivity contribution in [3.05, 3.63) is 72.3 Å². The minimum atomic E-state index is -3.75. The molecular weight excluding hydrogens is 400 g/mol. The van der Waals surface area contributed by atoms with Crippen molar-refractivity contribution >= 4 is 26.7 Å². The van der Waals surface area contributed by atoms with Gasteiger partial charge in [0.25, 0.3) is 0 Å². The summed E-state index contributed by atoms with van der Waals surface area (Å²) in [5, 5.41) is 4.54. The summed E-state index contributed by atoms with van der Waals surface area (Å²) in [6.45, 7) is 2.63. The Morgan fingerprint density at radius 1 is 1.00 bits per heavy atom. The number of sulfonamides is 1. The molecule has 0 saturated heterocycles. The van der Waals surface area contributed by atoms with Gasteiger partial charge >= 0.3 is 0 Å². The maximum atomic E-state index is 12.8. The predicted molar refractivity (Wildman–Crippen MR) is 118 cm³/mol. The Kier molecular flexibility index (Phi) is 7.07. The first-order valence-corrected chi connectivity index (χ1v) is 11.2. The van der Waals surface area contributed by atoms with Gasteiger partial charge in [0.2, 0.25) is 15.9 Å². The standard InChI is InChI=1S/C23H26N2O4S/c1-18-7-5-10-21(15-18)29-14-6-13-24-23(26)17-25(2)30(27,28)22-12-11-19-8-3-4-9-20(19)16-22/h3-5,7-12,15-16H,6,13-14,17H2,1-2H3,(H,24,26). The highest BCUT2D eigenvalue weighted by atomic mass is 32.2. The van der Waals surface area contributed by atoms with Crippen LogP contribution in [0.2, 0.25) is 0 Å². The molecule has 0 saturated carbocycles. The third-order valence-electron chi connectivity index (χ3n) is 4.70. The normalized spacial score (nSPS) is 11.6. The molecule has 3 aromatic rings. The molecule has 1 amide bonds. The van der Waals surface area contributed by atoms with Crippen molar-refractivity contribution in [1.29, 1.82) is 0 Å². The molecule has 158 valence electrons. The number of likely N-dealkylation sites (N-methyl/N-ethyl adjacent to an activating group) is 1. The number of hydrogen-bond acceptors (Lipinski definition) is 4. The Morgan fingerprint density at radius 2 is 1.77 bits per heavy atom. The summed E-state index contributed by atoms with van der Waals surface area (Å²) in [4.78, 5) is 12.3. The molecule has 0 aliphatic heterocycles. The van der Waals surface area contributed by atoms with E-state index < -0.39 is 10.0 Å². The number of amides is 1. The largest absolute Gasteiger partial charge is 0.494 e. The highest BCUT2D eigenvalue weighted by molar-refractivity contribution is 7.89. The average Bonchev–Trinajstić information content (AvgIpc) is 2.73. The molecule has 3 rings (SSSR count). The minimum Gasteiger partial charge on any atom is -0.494 e. The third-order valence-corrected chi connectivity index (χ3v) is 6.50. The number of carbonyl (C=O) groups is 1. The number of nitrogens with zero attached hydrogens (tertiary/aromatic N) is 1. The van der Waals surface area contributed by atoms with Gasteiger partial charge in [0.05, 0.1) is 18.0 Å². The molecule has 7 heteroatoms. The lowest BCUT2D eigenvalue weighted by atomic mass is 10.1. The Bertz CT molecular complexity index is 1130. The van der Waals surface area contributed by atoms with Gasteiger partial charge in [-0.15, -0.1) is 0 Å². The molecule has 0 bridgehead atoms. The van der Waals surface area contributed by atoms with E-state index in [1.807, 2.05) is 55.5 Å². The number of ether oxygens (including phenoxy) is 1. The topological polar surface area (TPSA) is 75.7 Å². The summed E-state index contributed by atoms with van der Waals surface area (Å²) in [6, 6.07) is 20.3. The van der Waals surface area contributed by atoms with Crippen molar-refractivity contribution in [3.8, 4) is 5.75 Å². The number of fused-ring (bicyclic) bond motifs is 1. The van der Waals surface area contributed by atoms with Gasteiger partial charge in [-0.1, -0.05) is 42.5 Å². The predicted octanol–water partition coefficient (Wildman–Crippen LogP) is 3.35. The molecule has 0 fully saturated rings. The molecule has 0 aliphatic rings. The van der Waals surface area contributed by atoms with Crippen LogP contribution in [0.3, 0.4) is 0 Å². The number of rotatable bonds is 9. The first-order valence-electron chi connectivity index (χ1n) is 9.77. The SMILES string of the molecule is Cc1cccc(OCCCNC(=O)CN(C)S(=O)(=O)c2ccc3ccccc3c2)c1. The van der Waals surface area contributed by atoms with Crippen LogP contribution in [0.1, 0.15) is 12.0 Å². The summed E-state index contributed by atoms with van der Waals surface area (Å²) in [5.41, 5.74) is 1.12. The average molecular weight is 427 g/mol. The summed E-state index contributed by atoms with van der Waals surface area (Å²) in [6.07, 6.45) is 0.626. The van der Waals surface area contributed by atoms with E-state index in [1.54, 1.807) is 18.2 Å². The second-order valence-corrected chi connectivity index (χ2v) is 9.18. The fourth-order valence-corrected chi connectivity index (χ4v) is 4.21. The Balaban J connectivity index is 1.47. The van der Waals surface area contributed by atoms with E-state index in [-0.39, 0.29) is 17.3 Å². The van der Waals surface area contributed by atoms with Crippen LogP contribution in [-0.4, -0.2) is 45.4 Å². The van der Waals surface area contributed by atoms with E-state index in [0.717, 1.165) is 26.4 Å². The first kappa shape index (κ1) is 21.8. The zero-order valence-corrected chi connectivity index (χ0v) is 18.0. The van der Waals surface area contributed by atoms with Crippen molar-refractivity contribution in [2.24, 2.45) is 0 Å². The van der Waals surface area contributed by atoms with Gasteiger partial charge in [0.1, 0.15) is 5.75 Å². The Hall–Kier alpha value is -2.90. The zero-order valence-electron chi connectivity index (χ0n) is 17.2. The van der Waals surface area contributed by atoms with Gasteiger partial charge in [-0.2, -0.15) is 4.31 Å². The van der Waals surface area contributed by atoms with Crippen LogP contribution in [0.5, 0.6) is 5.75 Å². The summed E-state index contributed by atoms with van der Waals surface area (Å²) >= 11 is 0. The maximum absolute atomic E-state index is 12.8. The van der Waals surface area contributed by atoms with Crippen molar-refractivity contribution in [3.63, 3.8) is 0 Å². The van der Waals surface area contributed by atoms with Gasteiger partial charge in [0.15, 0.2) is 0 Å². The monoisotopic (exact) mass is 426 g/mol. The Morgan fingerprint density at radius 3 is 2.53 bits per heavy atom. The van der Waals surface area contributed by atoms with Crippen molar-refractivity contribution < 1.29 is 17.9 Å². The molecule has 0 unspecified atom stereocenters. The molecule has 3 aromatic carbocycles. The van der Waals surface area contributed by atoms with E-state index in [9.17, 15) is 13.2 Å². The minimum absolute atomic E-state index is 0.169. The van der Waals surface area contributed by atoms with Crippen LogP contribution >= 0.6 is 0 Å². The third kappa shape index (κ3) is 5.58. The second kappa shape index (κ2) is 9.73. The number of hydrogen-bond donors (Lipinski definition) is 1. The number of carbonyl (C=O) groups excluding carboxylic acids is 1. The molecule has 0 atom stereocenters.